The van der Waals surface area contributed by atoms with Gasteiger partial charge in [-0.3, -0.25) is 4.79 Å². The fourth-order valence-corrected chi connectivity index (χ4v) is 3.04. The second-order valence-corrected chi connectivity index (χ2v) is 6.48. The molecule has 3 rings (SSSR count). The molecule has 1 atom stereocenters. The Kier molecular flexibility index (Phi) is 5.46. The fourth-order valence-electron chi connectivity index (χ4n) is 3.04. The van der Waals surface area contributed by atoms with Gasteiger partial charge in [0.15, 0.2) is 0 Å². The van der Waals surface area contributed by atoms with Gasteiger partial charge in [-0.1, -0.05) is 13.0 Å². The Labute approximate surface area is 152 Å². The standard InChI is InChI=1S/C19H22N4O3/c1-13-5-4-8-23(12-13)17-11-20-16(10-21-17)18(24)22-15-7-3-6-14(9-15)19(25)26-2/h3,6-7,9-11,13H,4-5,8,12H2,1-2H3,(H,22,24). The van der Waals surface area contributed by atoms with Crippen LogP contribution in [0, 0.1) is 5.92 Å². The van der Waals surface area contributed by atoms with E-state index in [1.54, 1.807) is 30.5 Å². The summed E-state index contributed by atoms with van der Waals surface area (Å²) in [6, 6.07) is 6.55. The maximum atomic E-state index is 12.4. The van der Waals surface area contributed by atoms with Crippen molar-refractivity contribution >= 4 is 23.4 Å². The van der Waals surface area contributed by atoms with Crippen molar-refractivity contribution in [1.29, 1.82) is 0 Å². The highest BCUT2D eigenvalue weighted by molar-refractivity contribution is 6.03. The number of esters is 1. The van der Waals surface area contributed by atoms with Gasteiger partial charge >= 0.3 is 5.97 Å². The van der Waals surface area contributed by atoms with Crippen molar-refractivity contribution in [2.75, 3.05) is 30.4 Å². The molecule has 0 saturated carbocycles. The number of rotatable bonds is 4. The maximum Gasteiger partial charge on any atom is 0.337 e. The van der Waals surface area contributed by atoms with E-state index in [2.05, 4.69) is 31.8 Å². The number of hydrogen-bond acceptors (Lipinski definition) is 6. The highest BCUT2D eigenvalue weighted by atomic mass is 16.5. The predicted octanol–water partition coefficient (Wildman–Crippen LogP) is 2.75. The zero-order chi connectivity index (χ0) is 18.5. The minimum Gasteiger partial charge on any atom is -0.465 e. The summed E-state index contributed by atoms with van der Waals surface area (Å²) < 4.78 is 4.68. The minimum atomic E-state index is -0.457. The van der Waals surface area contributed by atoms with Gasteiger partial charge in [-0.05, 0) is 37.0 Å². The minimum absolute atomic E-state index is 0.224. The number of hydrogen-bond donors (Lipinski definition) is 1. The first-order valence-electron chi connectivity index (χ1n) is 8.63. The smallest absolute Gasteiger partial charge is 0.337 e. The van der Waals surface area contributed by atoms with Gasteiger partial charge in [0.1, 0.15) is 11.5 Å². The van der Waals surface area contributed by atoms with Crippen molar-refractivity contribution in [2.24, 2.45) is 5.92 Å². The number of nitrogens with one attached hydrogen (secondary N) is 1. The molecule has 1 fully saturated rings. The average molecular weight is 354 g/mol. The fraction of sp³-hybridized carbons (Fsp3) is 0.368. The predicted molar refractivity (Wildman–Crippen MR) is 98.4 cm³/mol. The SMILES string of the molecule is COC(=O)c1cccc(NC(=O)c2cnc(N3CCCC(C)C3)cn2)c1. The summed E-state index contributed by atoms with van der Waals surface area (Å²) in [6.45, 7) is 4.15. The van der Waals surface area contributed by atoms with Gasteiger partial charge in [0.05, 0.1) is 25.1 Å². The van der Waals surface area contributed by atoms with E-state index in [9.17, 15) is 9.59 Å². The molecule has 1 amide bonds. The van der Waals surface area contributed by atoms with Crippen LogP contribution in [-0.4, -0.2) is 42.0 Å². The third-order valence-electron chi connectivity index (χ3n) is 4.39. The molecule has 1 saturated heterocycles. The van der Waals surface area contributed by atoms with Crippen LogP contribution in [0.5, 0.6) is 0 Å². The number of amides is 1. The molecule has 0 aliphatic carbocycles. The van der Waals surface area contributed by atoms with Gasteiger partial charge in [-0.15, -0.1) is 0 Å². The largest absolute Gasteiger partial charge is 0.465 e. The number of carbonyl (C=O) groups excluding carboxylic acids is 2. The molecule has 2 heterocycles. The van der Waals surface area contributed by atoms with Gasteiger partial charge in [0.2, 0.25) is 0 Å². The van der Waals surface area contributed by atoms with Gasteiger partial charge in [0, 0.05) is 18.8 Å². The van der Waals surface area contributed by atoms with Crippen LogP contribution in [0.3, 0.4) is 0 Å². The normalized spacial score (nSPS) is 16.8. The summed E-state index contributed by atoms with van der Waals surface area (Å²) in [5, 5.41) is 2.72. The molecule has 1 aliphatic rings. The van der Waals surface area contributed by atoms with Crippen molar-refractivity contribution in [3.8, 4) is 0 Å². The van der Waals surface area contributed by atoms with E-state index in [-0.39, 0.29) is 11.6 Å². The second kappa shape index (κ2) is 7.95. The highest BCUT2D eigenvalue weighted by Crippen LogP contribution is 2.20. The molecule has 0 bridgehead atoms. The molecule has 2 aromatic rings. The lowest BCUT2D eigenvalue weighted by atomic mass is 10.0. The zero-order valence-electron chi connectivity index (χ0n) is 14.9. The summed E-state index contributed by atoms with van der Waals surface area (Å²) in [5.41, 5.74) is 1.09. The quantitative estimate of drug-likeness (QED) is 0.850. The lowest BCUT2D eigenvalue weighted by molar-refractivity contribution is 0.0600. The van der Waals surface area contributed by atoms with E-state index in [0.717, 1.165) is 25.3 Å². The molecular weight excluding hydrogens is 332 g/mol. The molecule has 26 heavy (non-hydrogen) atoms. The van der Waals surface area contributed by atoms with Gasteiger partial charge in [0.25, 0.3) is 5.91 Å². The molecule has 7 nitrogen and oxygen atoms in total. The van der Waals surface area contributed by atoms with Crippen molar-refractivity contribution in [2.45, 2.75) is 19.8 Å². The summed E-state index contributed by atoms with van der Waals surface area (Å²) in [7, 11) is 1.31. The molecule has 1 aromatic carbocycles. The van der Waals surface area contributed by atoms with Crippen LogP contribution in [0.25, 0.3) is 0 Å². The van der Waals surface area contributed by atoms with E-state index in [0.29, 0.717) is 17.2 Å². The number of carbonyl (C=O) groups is 2. The summed E-state index contributed by atoms with van der Waals surface area (Å²) in [4.78, 5) is 34.8. The van der Waals surface area contributed by atoms with Gasteiger partial charge in [-0.25, -0.2) is 14.8 Å². The van der Waals surface area contributed by atoms with E-state index in [1.807, 2.05) is 0 Å². The first-order chi connectivity index (χ1) is 12.6. The van der Waals surface area contributed by atoms with Crippen LogP contribution in [0.4, 0.5) is 11.5 Å². The molecule has 136 valence electrons. The van der Waals surface area contributed by atoms with Crippen LogP contribution in [0.15, 0.2) is 36.7 Å². The molecule has 1 unspecified atom stereocenters. The summed E-state index contributed by atoms with van der Waals surface area (Å²) >= 11 is 0. The molecule has 1 N–H and O–H groups in total. The molecule has 1 aromatic heterocycles. The van der Waals surface area contributed by atoms with E-state index in [1.165, 1.54) is 19.7 Å². The highest BCUT2D eigenvalue weighted by Gasteiger charge is 2.18. The number of ether oxygens (including phenoxy) is 1. The van der Waals surface area contributed by atoms with Gasteiger partial charge < -0.3 is 15.0 Å². The van der Waals surface area contributed by atoms with E-state index < -0.39 is 5.97 Å². The topological polar surface area (TPSA) is 84.4 Å². The van der Waals surface area contributed by atoms with Crippen molar-refractivity contribution in [1.82, 2.24) is 9.97 Å². The van der Waals surface area contributed by atoms with Gasteiger partial charge in [-0.2, -0.15) is 0 Å². The third kappa shape index (κ3) is 4.17. The molecule has 7 heteroatoms. The van der Waals surface area contributed by atoms with E-state index >= 15 is 0 Å². The third-order valence-corrected chi connectivity index (χ3v) is 4.39. The average Bonchev–Trinajstić information content (AvgIpc) is 2.67. The van der Waals surface area contributed by atoms with Crippen molar-refractivity contribution in [3.05, 3.63) is 47.9 Å². The Hall–Kier alpha value is -2.96. The van der Waals surface area contributed by atoms with Crippen LogP contribution in [0.1, 0.15) is 40.6 Å². The second-order valence-electron chi connectivity index (χ2n) is 6.48. The number of anilines is 2. The molecule has 1 aliphatic heterocycles. The monoisotopic (exact) mass is 354 g/mol. The van der Waals surface area contributed by atoms with Crippen LogP contribution in [0.2, 0.25) is 0 Å². The lowest BCUT2D eigenvalue weighted by Gasteiger charge is -2.31. The number of piperidine rings is 1. The summed E-state index contributed by atoms with van der Waals surface area (Å²) in [5.74, 6) is 0.593. The summed E-state index contributed by atoms with van der Waals surface area (Å²) in [6.07, 6.45) is 5.49. The Morgan fingerprint density at radius 3 is 2.81 bits per heavy atom. The number of nitrogens with zero attached hydrogens (tertiary/aromatic N) is 3. The van der Waals surface area contributed by atoms with Crippen molar-refractivity contribution < 1.29 is 14.3 Å². The molecular formula is C19H22N4O3. The maximum absolute atomic E-state index is 12.4. The van der Waals surface area contributed by atoms with Crippen molar-refractivity contribution in [3.63, 3.8) is 0 Å². The molecule has 0 radical (unpaired) electrons. The Balaban J connectivity index is 1.67. The van der Waals surface area contributed by atoms with Crippen LogP contribution >= 0.6 is 0 Å². The first kappa shape index (κ1) is 17.8. The number of methoxy groups -OCH3 is 1. The Morgan fingerprint density at radius 1 is 1.27 bits per heavy atom. The zero-order valence-corrected chi connectivity index (χ0v) is 14.9. The lowest BCUT2D eigenvalue weighted by Crippen LogP contribution is -2.35. The van der Waals surface area contributed by atoms with Crippen LogP contribution in [-0.2, 0) is 4.74 Å². The number of aromatic nitrogens is 2. The Morgan fingerprint density at radius 2 is 2.12 bits per heavy atom. The first-order valence-corrected chi connectivity index (χ1v) is 8.63. The van der Waals surface area contributed by atoms with E-state index in [4.69, 9.17) is 0 Å². The Bertz CT molecular complexity index is 792. The number of benzene rings is 1. The van der Waals surface area contributed by atoms with Crippen LogP contribution < -0.4 is 10.2 Å². The molecule has 0 spiro atoms.